The Morgan fingerprint density at radius 2 is 1.84 bits per heavy atom. The predicted octanol–water partition coefficient (Wildman–Crippen LogP) is 4.41. The molecule has 0 aromatic carbocycles. The van der Waals surface area contributed by atoms with Crippen molar-refractivity contribution in [2.75, 3.05) is 0 Å². The second kappa shape index (κ2) is 6.10. The molecule has 4 heteroatoms. The summed E-state index contributed by atoms with van der Waals surface area (Å²) in [5, 5.41) is 9.01. The maximum absolute atomic E-state index is 14.0. The highest BCUT2D eigenvalue weighted by molar-refractivity contribution is 5.48. The lowest BCUT2D eigenvalue weighted by atomic mass is 9.95. The summed E-state index contributed by atoms with van der Waals surface area (Å²) >= 11 is 0. The molecule has 0 amide bonds. The van der Waals surface area contributed by atoms with Gasteiger partial charge < -0.3 is 0 Å². The number of fused-ring (bicyclic) bond motifs is 1. The molecule has 0 spiro atoms. The molecule has 1 aliphatic rings. The van der Waals surface area contributed by atoms with Crippen LogP contribution in [0.15, 0.2) is 0 Å². The summed E-state index contributed by atoms with van der Waals surface area (Å²) in [7, 11) is 0. The Morgan fingerprint density at radius 1 is 1.21 bits per heavy atom. The standard InChI is InChI=1S/C13H14F2N2.C2H6/c1-8-10(7-16)9(2)17-11-5-3-4-6-13(14,15)12(8)11;1-2/h3-6H2,1-2H3;1-2H3. The van der Waals surface area contributed by atoms with Gasteiger partial charge in [0.05, 0.1) is 17.0 Å². The Kier molecular flexibility index (Phi) is 4.99. The van der Waals surface area contributed by atoms with E-state index in [1.807, 2.05) is 19.9 Å². The fourth-order valence-corrected chi connectivity index (χ4v) is 2.52. The van der Waals surface area contributed by atoms with Crippen LogP contribution in [0.1, 0.15) is 61.2 Å². The van der Waals surface area contributed by atoms with Crippen LogP contribution < -0.4 is 0 Å². The number of alkyl halides is 2. The molecule has 1 aliphatic carbocycles. The summed E-state index contributed by atoms with van der Waals surface area (Å²) in [5.74, 6) is -2.85. The average Bonchev–Trinajstić information content (AvgIpc) is 2.50. The zero-order chi connectivity index (χ0) is 14.6. The van der Waals surface area contributed by atoms with Gasteiger partial charge in [0.15, 0.2) is 0 Å². The summed E-state index contributed by atoms with van der Waals surface area (Å²) in [5.41, 5.74) is 1.73. The molecule has 0 unspecified atom stereocenters. The Labute approximate surface area is 113 Å². The number of nitriles is 1. The smallest absolute Gasteiger partial charge is 0.256 e. The van der Waals surface area contributed by atoms with E-state index in [0.29, 0.717) is 35.4 Å². The first kappa shape index (κ1) is 15.6. The molecule has 1 aromatic heterocycles. The van der Waals surface area contributed by atoms with Crippen LogP contribution in [0.25, 0.3) is 0 Å². The lowest BCUT2D eigenvalue weighted by molar-refractivity contribution is -0.0146. The fraction of sp³-hybridized carbons (Fsp3) is 0.600. The third kappa shape index (κ3) is 2.91. The number of nitrogens with zero attached hydrogens (tertiary/aromatic N) is 2. The summed E-state index contributed by atoms with van der Waals surface area (Å²) in [4.78, 5) is 4.20. The van der Waals surface area contributed by atoms with Gasteiger partial charge in [-0.25, -0.2) is 8.78 Å². The van der Waals surface area contributed by atoms with Gasteiger partial charge in [-0.3, -0.25) is 4.98 Å². The first-order valence-corrected chi connectivity index (χ1v) is 6.76. The second-order valence-corrected chi connectivity index (χ2v) is 4.54. The Bertz CT molecular complexity index is 502. The zero-order valence-corrected chi connectivity index (χ0v) is 12.0. The minimum Gasteiger partial charge on any atom is -0.256 e. The van der Waals surface area contributed by atoms with Crippen molar-refractivity contribution in [2.24, 2.45) is 0 Å². The highest BCUT2D eigenvalue weighted by Gasteiger charge is 2.38. The molecule has 0 aliphatic heterocycles. The normalized spacial score (nSPS) is 16.5. The van der Waals surface area contributed by atoms with Crippen molar-refractivity contribution in [2.45, 2.75) is 59.3 Å². The Balaban J connectivity index is 0.000000861. The van der Waals surface area contributed by atoms with Crippen LogP contribution >= 0.6 is 0 Å². The van der Waals surface area contributed by atoms with Crippen molar-refractivity contribution < 1.29 is 8.78 Å². The van der Waals surface area contributed by atoms with Crippen LogP contribution in [0.2, 0.25) is 0 Å². The van der Waals surface area contributed by atoms with Gasteiger partial charge in [0.2, 0.25) is 0 Å². The Morgan fingerprint density at radius 3 is 2.42 bits per heavy atom. The maximum Gasteiger partial charge on any atom is 0.275 e. The number of aryl methyl sites for hydroxylation is 2. The lowest BCUT2D eigenvalue weighted by Gasteiger charge is -2.20. The molecule has 1 aromatic rings. The second-order valence-electron chi connectivity index (χ2n) is 4.54. The minimum atomic E-state index is -2.85. The number of halogens is 2. The molecule has 2 nitrogen and oxygen atoms in total. The van der Waals surface area contributed by atoms with Crippen molar-refractivity contribution in [3.8, 4) is 6.07 Å². The van der Waals surface area contributed by atoms with E-state index < -0.39 is 5.92 Å². The van der Waals surface area contributed by atoms with Crippen LogP contribution in [0.3, 0.4) is 0 Å². The number of rotatable bonds is 0. The van der Waals surface area contributed by atoms with E-state index in [1.165, 1.54) is 0 Å². The van der Waals surface area contributed by atoms with Gasteiger partial charge in [-0.1, -0.05) is 13.8 Å². The molecule has 1 heterocycles. The third-order valence-electron chi connectivity index (χ3n) is 3.33. The van der Waals surface area contributed by atoms with Gasteiger partial charge >= 0.3 is 0 Å². The van der Waals surface area contributed by atoms with Gasteiger partial charge in [0, 0.05) is 12.0 Å². The largest absolute Gasteiger partial charge is 0.275 e. The third-order valence-corrected chi connectivity index (χ3v) is 3.33. The molecule has 19 heavy (non-hydrogen) atoms. The van der Waals surface area contributed by atoms with Crippen molar-refractivity contribution in [3.05, 3.63) is 28.1 Å². The van der Waals surface area contributed by atoms with Crippen LogP contribution in [0.4, 0.5) is 8.78 Å². The molecule has 2 rings (SSSR count). The number of pyridine rings is 1. The zero-order valence-electron chi connectivity index (χ0n) is 12.0. The van der Waals surface area contributed by atoms with Crippen LogP contribution in [-0.2, 0) is 12.3 Å². The molecule has 0 saturated heterocycles. The SMILES string of the molecule is CC.Cc1nc2c(c(C)c1C#N)C(F)(F)CCCC2. The topological polar surface area (TPSA) is 36.7 Å². The van der Waals surface area contributed by atoms with Gasteiger partial charge in [-0.05, 0) is 38.7 Å². The van der Waals surface area contributed by atoms with Crippen LogP contribution in [-0.4, -0.2) is 4.98 Å². The van der Waals surface area contributed by atoms with Crippen molar-refractivity contribution in [1.29, 1.82) is 5.26 Å². The van der Waals surface area contributed by atoms with Gasteiger partial charge in [-0.15, -0.1) is 0 Å². The molecule has 0 saturated carbocycles. The van der Waals surface area contributed by atoms with Gasteiger partial charge in [-0.2, -0.15) is 5.26 Å². The van der Waals surface area contributed by atoms with E-state index in [4.69, 9.17) is 5.26 Å². The molecule has 0 atom stereocenters. The van der Waals surface area contributed by atoms with Gasteiger partial charge in [0.25, 0.3) is 5.92 Å². The fourth-order valence-electron chi connectivity index (χ4n) is 2.52. The number of hydrogen-bond donors (Lipinski definition) is 0. The molecule has 0 fully saturated rings. The molecule has 0 radical (unpaired) electrons. The maximum atomic E-state index is 14.0. The average molecular weight is 266 g/mol. The summed E-state index contributed by atoms with van der Waals surface area (Å²) < 4.78 is 28.0. The summed E-state index contributed by atoms with van der Waals surface area (Å²) in [6.45, 7) is 7.31. The predicted molar refractivity (Wildman–Crippen MR) is 71.2 cm³/mol. The molecule has 0 bridgehead atoms. The van der Waals surface area contributed by atoms with Crippen molar-refractivity contribution in [1.82, 2.24) is 4.98 Å². The van der Waals surface area contributed by atoms with E-state index in [9.17, 15) is 8.78 Å². The first-order chi connectivity index (χ1) is 8.97. The highest BCUT2D eigenvalue weighted by atomic mass is 19.3. The molecule has 0 N–H and O–H groups in total. The first-order valence-electron chi connectivity index (χ1n) is 6.76. The van der Waals surface area contributed by atoms with E-state index in [2.05, 4.69) is 4.98 Å². The quantitative estimate of drug-likeness (QED) is 0.652. The van der Waals surface area contributed by atoms with E-state index in [-0.39, 0.29) is 12.0 Å². The van der Waals surface area contributed by atoms with E-state index in [0.717, 1.165) is 6.42 Å². The molecule has 104 valence electrons. The molecular weight excluding hydrogens is 246 g/mol. The number of aromatic nitrogens is 1. The highest BCUT2D eigenvalue weighted by Crippen LogP contribution is 2.41. The summed E-state index contributed by atoms with van der Waals surface area (Å²) in [6, 6.07) is 1.98. The van der Waals surface area contributed by atoms with Crippen LogP contribution in [0, 0.1) is 25.2 Å². The van der Waals surface area contributed by atoms with Crippen molar-refractivity contribution in [3.63, 3.8) is 0 Å². The van der Waals surface area contributed by atoms with E-state index in [1.54, 1.807) is 13.8 Å². The van der Waals surface area contributed by atoms with E-state index >= 15 is 0 Å². The monoisotopic (exact) mass is 266 g/mol. The van der Waals surface area contributed by atoms with Crippen molar-refractivity contribution >= 4 is 0 Å². The molecular formula is C15H20F2N2. The minimum absolute atomic E-state index is 0.00264. The Hall–Kier alpha value is -1.50. The van der Waals surface area contributed by atoms with Crippen LogP contribution in [0.5, 0.6) is 0 Å². The lowest BCUT2D eigenvalue weighted by Crippen LogP contribution is -2.18. The summed E-state index contributed by atoms with van der Waals surface area (Å²) in [6.07, 6.45) is 1.68. The van der Waals surface area contributed by atoms with Gasteiger partial charge in [0.1, 0.15) is 6.07 Å². The number of hydrogen-bond acceptors (Lipinski definition) is 2.